The molecule has 6 nitrogen and oxygen atoms in total. The van der Waals surface area contributed by atoms with Crippen LogP contribution in [0.2, 0.25) is 0 Å². The summed E-state index contributed by atoms with van der Waals surface area (Å²) < 4.78 is 5.68. The monoisotopic (exact) mass is 375 g/mol. The van der Waals surface area contributed by atoms with E-state index in [-0.39, 0.29) is 11.3 Å². The molecule has 2 aromatic rings. The number of hydrogen-bond acceptors (Lipinski definition) is 5. The molecule has 1 amide bonds. The molecular weight excluding hydrogens is 350 g/mol. The molecule has 1 aromatic heterocycles. The molecule has 1 heterocycles. The van der Waals surface area contributed by atoms with Crippen molar-refractivity contribution in [2.45, 2.75) is 38.4 Å². The molecule has 1 aromatic carbocycles. The molecule has 2 rings (SSSR count). The van der Waals surface area contributed by atoms with Gasteiger partial charge in [0.1, 0.15) is 17.3 Å². The quantitative estimate of drug-likeness (QED) is 0.616. The van der Waals surface area contributed by atoms with Crippen molar-refractivity contribution in [1.29, 1.82) is 0 Å². The Hall–Kier alpha value is -2.28. The summed E-state index contributed by atoms with van der Waals surface area (Å²) in [6.07, 6.45) is 6.55. The predicted octanol–water partition coefficient (Wildman–Crippen LogP) is 3.84. The van der Waals surface area contributed by atoms with E-state index in [2.05, 4.69) is 22.2 Å². The van der Waals surface area contributed by atoms with Gasteiger partial charge in [-0.05, 0) is 36.9 Å². The van der Waals surface area contributed by atoms with E-state index in [1.54, 1.807) is 12.1 Å². The maximum absolute atomic E-state index is 12.3. The average Bonchev–Trinajstić information content (AvgIpc) is 2.62. The molecule has 2 N–H and O–H groups in total. The van der Waals surface area contributed by atoms with Gasteiger partial charge in [-0.25, -0.2) is 4.98 Å². The number of unbranched alkanes of at least 4 members (excludes halogenated alkanes) is 3. The summed E-state index contributed by atoms with van der Waals surface area (Å²) in [7, 11) is 0. The van der Waals surface area contributed by atoms with Crippen LogP contribution in [-0.4, -0.2) is 28.7 Å². The number of hydrogen-bond donors (Lipinski definition) is 2. The molecule has 0 bridgehead atoms. The highest BCUT2D eigenvalue weighted by Gasteiger charge is 2.10. The molecule has 0 aliphatic rings. The maximum atomic E-state index is 12.3. The summed E-state index contributed by atoms with van der Waals surface area (Å²) in [5, 5.41) is 2.75. The summed E-state index contributed by atoms with van der Waals surface area (Å²) in [5.41, 5.74) is 0.400. The van der Waals surface area contributed by atoms with Gasteiger partial charge in [0.2, 0.25) is 0 Å². The van der Waals surface area contributed by atoms with Crippen molar-refractivity contribution in [2.75, 3.05) is 18.2 Å². The van der Waals surface area contributed by atoms with Gasteiger partial charge in [0, 0.05) is 11.8 Å². The van der Waals surface area contributed by atoms with E-state index in [0.717, 1.165) is 12.2 Å². The van der Waals surface area contributed by atoms with E-state index in [9.17, 15) is 9.59 Å². The Labute approximate surface area is 157 Å². The van der Waals surface area contributed by atoms with Crippen molar-refractivity contribution >= 4 is 23.4 Å². The van der Waals surface area contributed by atoms with E-state index in [1.165, 1.54) is 37.1 Å². The first-order valence-corrected chi connectivity index (χ1v) is 10.1. The summed E-state index contributed by atoms with van der Waals surface area (Å²) in [6, 6.07) is 8.39. The molecule has 0 saturated heterocycles. The highest BCUT2D eigenvalue weighted by atomic mass is 32.2. The van der Waals surface area contributed by atoms with Crippen LogP contribution >= 0.6 is 11.8 Å². The first-order chi connectivity index (χ1) is 12.6. The fourth-order valence-corrected chi connectivity index (χ4v) is 2.79. The van der Waals surface area contributed by atoms with Crippen LogP contribution in [0.15, 0.2) is 35.1 Å². The van der Waals surface area contributed by atoms with Crippen LogP contribution in [0.25, 0.3) is 0 Å². The summed E-state index contributed by atoms with van der Waals surface area (Å²) in [5.74, 6) is 1.39. The molecule has 26 heavy (non-hydrogen) atoms. The van der Waals surface area contributed by atoms with Gasteiger partial charge in [0.15, 0.2) is 0 Å². The van der Waals surface area contributed by atoms with Crippen molar-refractivity contribution in [1.82, 2.24) is 9.97 Å². The number of aromatic nitrogens is 2. The lowest BCUT2D eigenvalue weighted by Crippen LogP contribution is -2.20. The molecule has 0 fully saturated rings. The number of nitrogens with one attached hydrogen (secondary N) is 2. The molecule has 0 radical (unpaired) electrons. The third-order valence-corrected chi connectivity index (χ3v) is 4.25. The summed E-state index contributed by atoms with van der Waals surface area (Å²) >= 11 is 1.52. The lowest BCUT2D eigenvalue weighted by molar-refractivity contribution is 0.102. The van der Waals surface area contributed by atoms with Crippen molar-refractivity contribution in [3.8, 4) is 5.75 Å². The first-order valence-electron chi connectivity index (χ1n) is 8.75. The number of carbonyl (C=O) groups excluding carboxylic acids is 1. The Morgan fingerprint density at radius 1 is 1.23 bits per heavy atom. The van der Waals surface area contributed by atoms with Crippen LogP contribution in [0.5, 0.6) is 5.75 Å². The van der Waals surface area contributed by atoms with Gasteiger partial charge in [0.25, 0.3) is 11.5 Å². The number of ether oxygens (including phenoxy) is 1. The minimum Gasteiger partial charge on any atom is -0.494 e. The zero-order valence-electron chi connectivity index (χ0n) is 15.2. The number of rotatable bonds is 10. The number of thioether (sulfide) groups is 1. The van der Waals surface area contributed by atoms with Crippen LogP contribution in [0.3, 0.4) is 0 Å². The Bertz CT molecular complexity index is 759. The number of anilines is 1. The van der Waals surface area contributed by atoms with Crippen LogP contribution in [-0.2, 0) is 5.75 Å². The average molecular weight is 375 g/mol. The number of benzene rings is 1. The smallest absolute Gasteiger partial charge is 0.274 e. The van der Waals surface area contributed by atoms with Crippen LogP contribution in [0.4, 0.5) is 5.69 Å². The highest BCUT2D eigenvalue weighted by Crippen LogP contribution is 2.17. The number of nitrogens with zero attached hydrogens (tertiary/aromatic N) is 1. The molecule has 0 spiro atoms. The Morgan fingerprint density at radius 2 is 2.00 bits per heavy atom. The van der Waals surface area contributed by atoms with Gasteiger partial charge in [-0.1, -0.05) is 26.2 Å². The number of aromatic amines is 1. The SMILES string of the molecule is CCCCCCOc1ccc(NC(=O)c2cc(=O)[nH]c(CSC)n2)cc1. The van der Waals surface area contributed by atoms with Crippen molar-refractivity contribution in [2.24, 2.45) is 0 Å². The maximum Gasteiger partial charge on any atom is 0.274 e. The predicted molar refractivity (Wildman–Crippen MR) is 106 cm³/mol. The fraction of sp³-hybridized carbons (Fsp3) is 0.421. The normalized spacial score (nSPS) is 10.5. The van der Waals surface area contributed by atoms with E-state index < -0.39 is 5.91 Å². The van der Waals surface area contributed by atoms with Gasteiger partial charge in [-0.3, -0.25) is 9.59 Å². The summed E-state index contributed by atoms with van der Waals surface area (Å²) in [6.45, 7) is 2.87. The van der Waals surface area contributed by atoms with Crippen LogP contribution in [0.1, 0.15) is 48.9 Å². The number of H-pyrrole nitrogens is 1. The molecule has 0 saturated carbocycles. The summed E-state index contributed by atoms with van der Waals surface area (Å²) in [4.78, 5) is 30.8. The van der Waals surface area contributed by atoms with Gasteiger partial charge >= 0.3 is 0 Å². The number of carbonyl (C=O) groups is 1. The Balaban J connectivity index is 1.92. The molecule has 0 unspecified atom stereocenters. The third kappa shape index (κ3) is 6.55. The zero-order chi connectivity index (χ0) is 18.8. The standard InChI is InChI=1S/C19H25N3O3S/c1-3-4-5-6-11-25-15-9-7-14(8-10-15)20-19(24)16-12-18(23)22-17(21-16)13-26-2/h7-10,12H,3-6,11,13H2,1-2H3,(H,20,24)(H,21,22,23). The minimum absolute atomic E-state index is 0.106. The van der Waals surface area contributed by atoms with E-state index in [4.69, 9.17) is 4.74 Å². The molecule has 0 aliphatic carbocycles. The van der Waals surface area contributed by atoms with E-state index >= 15 is 0 Å². The molecule has 140 valence electrons. The van der Waals surface area contributed by atoms with Crippen molar-refractivity contribution < 1.29 is 9.53 Å². The van der Waals surface area contributed by atoms with Crippen molar-refractivity contribution in [3.05, 3.63) is 52.2 Å². The molecule has 7 heteroatoms. The molecular formula is C19H25N3O3S. The van der Waals surface area contributed by atoms with Gasteiger partial charge in [0.05, 0.1) is 12.4 Å². The lowest BCUT2D eigenvalue weighted by Gasteiger charge is -2.08. The van der Waals surface area contributed by atoms with E-state index in [0.29, 0.717) is 23.9 Å². The van der Waals surface area contributed by atoms with Gasteiger partial charge in [-0.15, -0.1) is 0 Å². The largest absolute Gasteiger partial charge is 0.494 e. The minimum atomic E-state index is -0.410. The van der Waals surface area contributed by atoms with Crippen LogP contribution in [0, 0.1) is 0 Å². The van der Waals surface area contributed by atoms with E-state index in [1.807, 2.05) is 18.4 Å². The van der Waals surface area contributed by atoms with Gasteiger partial charge < -0.3 is 15.0 Å². The lowest BCUT2D eigenvalue weighted by atomic mass is 10.2. The second kappa shape index (κ2) is 10.7. The Morgan fingerprint density at radius 3 is 2.69 bits per heavy atom. The fourth-order valence-electron chi connectivity index (χ4n) is 2.38. The molecule has 0 atom stereocenters. The second-order valence-corrected chi connectivity index (χ2v) is 6.76. The zero-order valence-corrected chi connectivity index (χ0v) is 16.0. The highest BCUT2D eigenvalue weighted by molar-refractivity contribution is 7.97. The third-order valence-electron chi connectivity index (χ3n) is 3.68. The topological polar surface area (TPSA) is 84.1 Å². The first kappa shape index (κ1) is 20.0. The van der Waals surface area contributed by atoms with Crippen LogP contribution < -0.4 is 15.6 Å². The number of amides is 1. The molecule has 0 aliphatic heterocycles. The Kier molecular flexibility index (Phi) is 8.21. The second-order valence-electron chi connectivity index (χ2n) is 5.90. The van der Waals surface area contributed by atoms with Gasteiger partial charge in [-0.2, -0.15) is 11.8 Å². The van der Waals surface area contributed by atoms with Crippen molar-refractivity contribution in [3.63, 3.8) is 0 Å².